The van der Waals surface area contributed by atoms with Gasteiger partial charge in [0.2, 0.25) is 0 Å². The summed E-state index contributed by atoms with van der Waals surface area (Å²) in [6.07, 6.45) is 5.13. The fourth-order valence-electron chi connectivity index (χ4n) is 2.47. The zero-order valence-electron chi connectivity index (χ0n) is 11.6. The van der Waals surface area contributed by atoms with Gasteiger partial charge in [0.15, 0.2) is 0 Å². The number of fused-ring (bicyclic) bond motifs is 2. The van der Waals surface area contributed by atoms with Crippen LogP contribution in [0.1, 0.15) is 5.69 Å². The normalized spacial score (nSPS) is 14.9. The van der Waals surface area contributed by atoms with Gasteiger partial charge in [-0.2, -0.15) is 0 Å². The second kappa shape index (κ2) is 4.96. The quantitative estimate of drug-likeness (QED) is 0.711. The highest BCUT2D eigenvalue weighted by molar-refractivity contribution is 6.31. The number of anilines is 2. The molecule has 2 N–H and O–H groups in total. The van der Waals surface area contributed by atoms with E-state index < -0.39 is 0 Å². The van der Waals surface area contributed by atoms with Gasteiger partial charge in [-0.05, 0) is 36.4 Å². The van der Waals surface area contributed by atoms with Crippen LogP contribution < -0.4 is 10.6 Å². The van der Waals surface area contributed by atoms with Gasteiger partial charge in [0.1, 0.15) is 5.69 Å². The van der Waals surface area contributed by atoms with Crippen LogP contribution >= 0.6 is 0 Å². The minimum absolute atomic E-state index is 0.149. The van der Waals surface area contributed by atoms with E-state index in [0.29, 0.717) is 11.3 Å². The summed E-state index contributed by atoms with van der Waals surface area (Å²) in [5.41, 5.74) is 3.77. The Morgan fingerprint density at radius 3 is 2.86 bits per heavy atom. The Kier molecular flexibility index (Phi) is 2.83. The number of amides is 1. The fraction of sp³-hybridized carbons (Fsp3) is 0. The summed E-state index contributed by atoms with van der Waals surface area (Å²) in [7, 11) is 0. The highest BCUT2D eigenvalue weighted by Gasteiger charge is 2.24. The van der Waals surface area contributed by atoms with Gasteiger partial charge in [-0.3, -0.25) is 14.8 Å². The van der Waals surface area contributed by atoms with Crippen LogP contribution in [-0.2, 0) is 4.79 Å². The van der Waals surface area contributed by atoms with Crippen molar-refractivity contribution in [1.82, 2.24) is 9.97 Å². The number of aromatic nitrogens is 2. The second-order valence-electron chi connectivity index (χ2n) is 4.97. The molecule has 5 nitrogen and oxygen atoms in total. The van der Waals surface area contributed by atoms with Crippen LogP contribution in [-0.4, -0.2) is 15.9 Å². The van der Waals surface area contributed by atoms with Crippen molar-refractivity contribution >= 4 is 33.8 Å². The first-order valence-corrected chi connectivity index (χ1v) is 6.89. The van der Waals surface area contributed by atoms with Gasteiger partial charge in [0.25, 0.3) is 5.91 Å². The minimum atomic E-state index is -0.149. The Morgan fingerprint density at radius 1 is 1.05 bits per heavy atom. The van der Waals surface area contributed by atoms with Gasteiger partial charge in [0, 0.05) is 29.7 Å². The molecule has 0 saturated carbocycles. The number of carbonyl (C=O) groups excluding carboxylic acids is 1. The van der Waals surface area contributed by atoms with E-state index in [0.717, 1.165) is 22.3 Å². The third-order valence-electron chi connectivity index (χ3n) is 3.54. The minimum Gasteiger partial charge on any atom is -0.361 e. The number of hydrogen-bond donors (Lipinski definition) is 2. The average molecular weight is 288 g/mol. The Hall–Kier alpha value is -3.21. The average Bonchev–Trinajstić information content (AvgIpc) is 2.88. The van der Waals surface area contributed by atoms with Crippen LogP contribution in [0.2, 0.25) is 0 Å². The maximum atomic E-state index is 12.0. The van der Waals surface area contributed by atoms with Crippen LogP contribution in [0.4, 0.5) is 11.4 Å². The lowest BCUT2D eigenvalue weighted by Gasteiger charge is -2.04. The number of hydrogen-bond acceptors (Lipinski definition) is 4. The Balaban J connectivity index is 1.67. The molecular weight excluding hydrogens is 276 g/mol. The molecule has 0 fully saturated rings. The maximum Gasteiger partial charge on any atom is 0.259 e. The summed E-state index contributed by atoms with van der Waals surface area (Å²) < 4.78 is 0. The molecule has 1 aliphatic heterocycles. The molecule has 0 unspecified atom stereocenters. The molecule has 0 saturated heterocycles. The van der Waals surface area contributed by atoms with Crippen LogP contribution in [0, 0.1) is 0 Å². The second-order valence-corrected chi connectivity index (χ2v) is 4.97. The molecule has 0 aliphatic carbocycles. The lowest BCUT2D eigenvalue weighted by molar-refractivity contribution is -0.110. The molecule has 3 aromatic rings. The van der Waals surface area contributed by atoms with E-state index >= 15 is 0 Å². The molecule has 3 heterocycles. The van der Waals surface area contributed by atoms with Gasteiger partial charge < -0.3 is 10.6 Å². The summed E-state index contributed by atoms with van der Waals surface area (Å²) in [5, 5.41) is 6.99. The number of rotatable bonds is 2. The summed E-state index contributed by atoms with van der Waals surface area (Å²) in [6, 6.07) is 13.4. The summed E-state index contributed by atoms with van der Waals surface area (Å²) in [5.74, 6) is -0.149. The van der Waals surface area contributed by atoms with Crippen molar-refractivity contribution in [3.8, 4) is 0 Å². The third kappa shape index (κ3) is 2.09. The summed E-state index contributed by atoms with van der Waals surface area (Å²) in [4.78, 5) is 20.5. The van der Waals surface area contributed by atoms with Crippen molar-refractivity contribution in [1.29, 1.82) is 0 Å². The molecular formula is C17H12N4O. The lowest BCUT2D eigenvalue weighted by Crippen LogP contribution is -2.05. The predicted molar refractivity (Wildman–Crippen MR) is 86.2 cm³/mol. The zero-order valence-corrected chi connectivity index (χ0v) is 11.6. The van der Waals surface area contributed by atoms with Crippen molar-refractivity contribution in [3.63, 3.8) is 0 Å². The third-order valence-corrected chi connectivity index (χ3v) is 3.54. The standard InChI is InChI=1S/C17H12N4O/c22-17-13(16-15(21-17)4-2-8-19-16)10-20-12-5-6-14-11(9-12)3-1-7-18-14/h1-10,20H,(H,21,22)/b13-10+. The van der Waals surface area contributed by atoms with Gasteiger partial charge in [0.05, 0.1) is 16.8 Å². The Bertz CT molecular complexity index is 917. The van der Waals surface area contributed by atoms with Gasteiger partial charge in [-0.25, -0.2) is 0 Å². The van der Waals surface area contributed by atoms with E-state index in [9.17, 15) is 4.79 Å². The van der Waals surface area contributed by atoms with Crippen LogP contribution in [0.5, 0.6) is 0 Å². The first kappa shape index (κ1) is 12.5. The lowest BCUT2D eigenvalue weighted by atomic mass is 10.2. The van der Waals surface area contributed by atoms with Crippen molar-refractivity contribution in [2.45, 2.75) is 0 Å². The van der Waals surface area contributed by atoms with E-state index in [1.165, 1.54) is 0 Å². The van der Waals surface area contributed by atoms with E-state index in [2.05, 4.69) is 20.6 Å². The van der Waals surface area contributed by atoms with Gasteiger partial charge in [-0.1, -0.05) is 6.07 Å². The van der Waals surface area contributed by atoms with Crippen LogP contribution in [0.3, 0.4) is 0 Å². The van der Waals surface area contributed by atoms with Crippen molar-refractivity contribution in [2.24, 2.45) is 0 Å². The highest BCUT2D eigenvalue weighted by Crippen LogP contribution is 2.29. The maximum absolute atomic E-state index is 12.0. The first-order valence-electron chi connectivity index (χ1n) is 6.89. The summed E-state index contributed by atoms with van der Waals surface area (Å²) in [6.45, 7) is 0. The zero-order chi connectivity index (χ0) is 14.9. The van der Waals surface area contributed by atoms with Crippen molar-refractivity contribution in [3.05, 3.63) is 66.8 Å². The van der Waals surface area contributed by atoms with Crippen molar-refractivity contribution in [2.75, 3.05) is 10.6 Å². The largest absolute Gasteiger partial charge is 0.361 e. The highest BCUT2D eigenvalue weighted by atomic mass is 16.2. The van der Waals surface area contributed by atoms with E-state index in [1.807, 2.05) is 36.4 Å². The molecule has 0 spiro atoms. The predicted octanol–water partition coefficient (Wildman–Crippen LogP) is 3.03. The molecule has 2 aromatic heterocycles. The topological polar surface area (TPSA) is 66.9 Å². The fourth-order valence-corrected chi connectivity index (χ4v) is 2.47. The summed E-state index contributed by atoms with van der Waals surface area (Å²) >= 11 is 0. The smallest absolute Gasteiger partial charge is 0.259 e. The Morgan fingerprint density at radius 2 is 1.91 bits per heavy atom. The number of carbonyl (C=O) groups is 1. The molecule has 0 atom stereocenters. The molecule has 22 heavy (non-hydrogen) atoms. The van der Waals surface area contributed by atoms with E-state index in [4.69, 9.17) is 0 Å². The molecule has 4 rings (SSSR count). The molecule has 1 aromatic carbocycles. The number of benzene rings is 1. The van der Waals surface area contributed by atoms with E-state index in [1.54, 1.807) is 24.7 Å². The molecule has 1 aliphatic rings. The molecule has 5 heteroatoms. The van der Waals surface area contributed by atoms with Crippen LogP contribution in [0.15, 0.2) is 61.1 Å². The molecule has 0 bridgehead atoms. The van der Waals surface area contributed by atoms with Gasteiger partial charge in [-0.15, -0.1) is 0 Å². The van der Waals surface area contributed by atoms with Crippen molar-refractivity contribution < 1.29 is 4.79 Å². The number of nitrogens with zero attached hydrogens (tertiary/aromatic N) is 2. The number of pyridine rings is 2. The Labute approximate surface area is 126 Å². The first-order chi connectivity index (χ1) is 10.8. The van der Waals surface area contributed by atoms with E-state index in [-0.39, 0.29) is 5.91 Å². The molecule has 1 amide bonds. The van der Waals surface area contributed by atoms with Gasteiger partial charge >= 0.3 is 0 Å². The number of nitrogens with one attached hydrogen (secondary N) is 2. The molecule has 0 radical (unpaired) electrons. The molecule has 106 valence electrons. The monoisotopic (exact) mass is 288 g/mol. The van der Waals surface area contributed by atoms with Crippen LogP contribution in [0.25, 0.3) is 16.5 Å². The SMILES string of the molecule is O=C1Nc2cccnc2/C1=C\Nc1ccc2ncccc2c1.